The monoisotopic (exact) mass is 228 g/mol. The molecule has 0 radical (unpaired) electrons. The van der Waals surface area contributed by atoms with Crippen molar-refractivity contribution in [3.05, 3.63) is 33.5 Å². The van der Waals surface area contributed by atoms with Gasteiger partial charge in [0.1, 0.15) is 5.76 Å². The maximum absolute atomic E-state index is 6.03. The van der Waals surface area contributed by atoms with Crippen LogP contribution < -0.4 is 0 Å². The van der Waals surface area contributed by atoms with Crippen molar-refractivity contribution in [2.24, 2.45) is 0 Å². The van der Waals surface area contributed by atoms with E-state index >= 15 is 0 Å². The van der Waals surface area contributed by atoms with Crippen LogP contribution in [0, 0.1) is 6.92 Å². The predicted molar refractivity (Wildman–Crippen MR) is 60.3 cm³/mol. The summed E-state index contributed by atoms with van der Waals surface area (Å²) >= 11 is 12.0. The van der Waals surface area contributed by atoms with Gasteiger partial charge in [0.15, 0.2) is 5.58 Å². The minimum Gasteiger partial charge on any atom is -0.460 e. The van der Waals surface area contributed by atoms with Gasteiger partial charge in [0.05, 0.1) is 5.02 Å². The molecule has 0 atom stereocenters. The van der Waals surface area contributed by atoms with Crippen LogP contribution in [0.5, 0.6) is 0 Å². The molecule has 0 N–H and O–H groups in total. The number of hydrogen-bond donors (Lipinski definition) is 0. The van der Waals surface area contributed by atoms with Gasteiger partial charge >= 0.3 is 0 Å². The zero-order valence-corrected chi connectivity index (χ0v) is 9.54. The lowest BCUT2D eigenvalue weighted by molar-refractivity contribution is 0.573. The van der Waals surface area contributed by atoms with E-state index in [-0.39, 0.29) is 0 Å². The molecule has 0 fully saturated rings. The van der Waals surface area contributed by atoms with E-state index in [0.717, 1.165) is 23.2 Å². The maximum Gasteiger partial charge on any atom is 0.153 e. The molecule has 0 bridgehead atoms. The second-order valence-electron chi connectivity index (χ2n) is 3.25. The number of benzene rings is 1. The number of furan rings is 1. The molecule has 0 saturated carbocycles. The van der Waals surface area contributed by atoms with E-state index in [0.29, 0.717) is 10.0 Å². The topological polar surface area (TPSA) is 13.1 Å². The van der Waals surface area contributed by atoms with Crippen molar-refractivity contribution in [1.82, 2.24) is 0 Å². The average Bonchev–Trinajstić information content (AvgIpc) is 2.41. The number of halogens is 2. The van der Waals surface area contributed by atoms with Gasteiger partial charge in [0.25, 0.3) is 0 Å². The zero-order chi connectivity index (χ0) is 10.3. The highest BCUT2D eigenvalue weighted by molar-refractivity contribution is 6.38. The van der Waals surface area contributed by atoms with Crippen LogP contribution in [0.1, 0.15) is 18.2 Å². The third-order valence-corrected chi connectivity index (χ3v) is 2.87. The van der Waals surface area contributed by atoms with Crippen LogP contribution >= 0.6 is 23.2 Å². The summed E-state index contributed by atoms with van der Waals surface area (Å²) in [5.74, 6) is 0.923. The van der Waals surface area contributed by atoms with Gasteiger partial charge in [-0.25, -0.2) is 0 Å². The fourth-order valence-corrected chi connectivity index (χ4v) is 2.26. The van der Waals surface area contributed by atoms with Gasteiger partial charge in [-0.3, -0.25) is 0 Å². The Labute approximate surface area is 92.6 Å². The van der Waals surface area contributed by atoms with Crippen molar-refractivity contribution in [1.29, 1.82) is 0 Å². The Kier molecular flexibility index (Phi) is 2.46. The number of fused-ring (bicyclic) bond motifs is 1. The smallest absolute Gasteiger partial charge is 0.153 e. The van der Waals surface area contributed by atoms with E-state index in [4.69, 9.17) is 27.6 Å². The second kappa shape index (κ2) is 3.48. The van der Waals surface area contributed by atoms with Gasteiger partial charge in [-0.1, -0.05) is 30.1 Å². The molecule has 0 amide bonds. The normalized spacial score (nSPS) is 11.1. The molecular formula is C11H10Cl2O. The molecule has 2 rings (SSSR count). The SMILES string of the molecule is CCc1c(C)oc2c(Cl)cc(Cl)cc12. The summed E-state index contributed by atoms with van der Waals surface area (Å²) in [6, 6.07) is 3.60. The molecule has 0 aliphatic carbocycles. The largest absolute Gasteiger partial charge is 0.460 e. The van der Waals surface area contributed by atoms with E-state index in [1.165, 1.54) is 5.56 Å². The van der Waals surface area contributed by atoms with Gasteiger partial charge in [0.2, 0.25) is 0 Å². The summed E-state index contributed by atoms with van der Waals surface area (Å²) in [7, 11) is 0. The van der Waals surface area contributed by atoms with Gasteiger partial charge in [-0.15, -0.1) is 0 Å². The van der Waals surface area contributed by atoms with Crippen LogP contribution in [0.2, 0.25) is 10.0 Å². The van der Waals surface area contributed by atoms with Crippen molar-refractivity contribution in [2.45, 2.75) is 20.3 Å². The molecule has 0 aliphatic heterocycles. The maximum atomic E-state index is 6.03. The van der Waals surface area contributed by atoms with Gasteiger partial charge in [0, 0.05) is 16.0 Å². The average molecular weight is 229 g/mol. The second-order valence-corrected chi connectivity index (χ2v) is 4.10. The first-order valence-corrected chi connectivity index (χ1v) is 5.26. The Bertz CT molecular complexity index is 485. The van der Waals surface area contributed by atoms with Gasteiger partial charge in [-0.05, 0) is 25.5 Å². The van der Waals surface area contributed by atoms with E-state index in [1.54, 1.807) is 6.07 Å². The van der Waals surface area contributed by atoms with E-state index in [2.05, 4.69) is 6.92 Å². The molecule has 74 valence electrons. The Balaban J connectivity index is 2.87. The van der Waals surface area contributed by atoms with Gasteiger partial charge < -0.3 is 4.42 Å². The van der Waals surface area contributed by atoms with Crippen molar-refractivity contribution < 1.29 is 4.42 Å². The minimum atomic E-state index is 0.579. The predicted octanol–water partition coefficient (Wildman–Crippen LogP) is 4.61. The van der Waals surface area contributed by atoms with Crippen molar-refractivity contribution in [3.63, 3.8) is 0 Å². The quantitative estimate of drug-likeness (QED) is 0.695. The summed E-state index contributed by atoms with van der Waals surface area (Å²) in [5, 5.41) is 2.26. The van der Waals surface area contributed by atoms with Crippen molar-refractivity contribution in [3.8, 4) is 0 Å². The minimum absolute atomic E-state index is 0.579. The lowest BCUT2D eigenvalue weighted by Gasteiger charge is -1.95. The Morgan fingerprint density at radius 3 is 2.64 bits per heavy atom. The third kappa shape index (κ3) is 1.41. The van der Waals surface area contributed by atoms with E-state index < -0.39 is 0 Å². The highest BCUT2D eigenvalue weighted by Crippen LogP contribution is 2.33. The molecule has 0 saturated heterocycles. The van der Waals surface area contributed by atoms with Crippen LogP contribution in [0.15, 0.2) is 16.5 Å². The summed E-state index contributed by atoms with van der Waals surface area (Å²) in [6.07, 6.45) is 0.926. The molecule has 0 unspecified atom stereocenters. The number of aryl methyl sites for hydroxylation is 2. The first-order chi connectivity index (χ1) is 6.63. The Morgan fingerprint density at radius 2 is 2.00 bits per heavy atom. The summed E-state index contributed by atoms with van der Waals surface area (Å²) in [4.78, 5) is 0. The third-order valence-electron chi connectivity index (χ3n) is 2.37. The van der Waals surface area contributed by atoms with Crippen molar-refractivity contribution in [2.75, 3.05) is 0 Å². The van der Waals surface area contributed by atoms with E-state index in [1.807, 2.05) is 13.0 Å². The fourth-order valence-electron chi connectivity index (χ4n) is 1.73. The summed E-state index contributed by atoms with van der Waals surface area (Å²) in [6.45, 7) is 4.04. The molecule has 2 aromatic rings. The molecule has 14 heavy (non-hydrogen) atoms. The highest BCUT2D eigenvalue weighted by Gasteiger charge is 2.12. The zero-order valence-electron chi connectivity index (χ0n) is 8.03. The lowest BCUT2D eigenvalue weighted by Crippen LogP contribution is -1.79. The molecule has 1 nitrogen and oxygen atoms in total. The van der Waals surface area contributed by atoms with Crippen LogP contribution in [0.3, 0.4) is 0 Å². The lowest BCUT2D eigenvalue weighted by atomic mass is 10.1. The first kappa shape index (κ1) is 9.88. The molecule has 1 aromatic carbocycles. The molecule has 1 aromatic heterocycles. The van der Waals surface area contributed by atoms with Crippen LogP contribution in [0.4, 0.5) is 0 Å². The highest BCUT2D eigenvalue weighted by atomic mass is 35.5. The standard InChI is InChI=1S/C11H10Cl2O/c1-3-8-6(2)14-11-9(8)4-7(12)5-10(11)13/h4-5H,3H2,1-2H3. The summed E-state index contributed by atoms with van der Waals surface area (Å²) in [5.41, 5.74) is 1.93. The molecule has 0 aliphatic rings. The van der Waals surface area contributed by atoms with Crippen molar-refractivity contribution >= 4 is 34.2 Å². The van der Waals surface area contributed by atoms with E-state index in [9.17, 15) is 0 Å². The number of rotatable bonds is 1. The van der Waals surface area contributed by atoms with Crippen LogP contribution in [-0.4, -0.2) is 0 Å². The fraction of sp³-hybridized carbons (Fsp3) is 0.273. The Hall–Kier alpha value is -0.660. The molecular weight excluding hydrogens is 219 g/mol. The Morgan fingerprint density at radius 1 is 1.29 bits per heavy atom. The molecule has 3 heteroatoms. The summed E-state index contributed by atoms with van der Waals surface area (Å²) < 4.78 is 5.59. The molecule has 1 heterocycles. The van der Waals surface area contributed by atoms with Gasteiger partial charge in [-0.2, -0.15) is 0 Å². The number of hydrogen-bond acceptors (Lipinski definition) is 1. The van der Waals surface area contributed by atoms with Crippen LogP contribution in [-0.2, 0) is 6.42 Å². The van der Waals surface area contributed by atoms with Crippen LogP contribution in [0.25, 0.3) is 11.0 Å². The molecule has 0 spiro atoms. The first-order valence-electron chi connectivity index (χ1n) is 4.50.